The van der Waals surface area contributed by atoms with Crippen LogP contribution in [0.4, 0.5) is 0 Å². The Labute approximate surface area is 90.6 Å². The Balaban J connectivity index is 2.11. The van der Waals surface area contributed by atoms with Gasteiger partial charge in [0.25, 0.3) is 0 Å². The average Bonchev–Trinajstić information content (AvgIpc) is 2.95. The summed E-state index contributed by atoms with van der Waals surface area (Å²) in [5.74, 6) is 0.179. The smallest absolute Gasteiger partial charge is 0.0690 e. The molecule has 1 saturated carbocycles. The molecule has 2 N–H and O–H groups in total. The van der Waals surface area contributed by atoms with Gasteiger partial charge in [0.1, 0.15) is 0 Å². The zero-order valence-corrected chi connectivity index (χ0v) is 9.11. The monoisotopic (exact) mass is 206 g/mol. The molecule has 0 bridgehead atoms. The molecule has 0 aromatic heterocycles. The van der Waals surface area contributed by atoms with Gasteiger partial charge in [-0.05, 0) is 24.0 Å². The van der Waals surface area contributed by atoms with Crippen LogP contribution in [0.5, 0.6) is 0 Å². The Kier molecular flexibility index (Phi) is 2.81. The lowest BCUT2D eigenvalue weighted by molar-refractivity contribution is 0.151. The van der Waals surface area contributed by atoms with Crippen LogP contribution in [0.2, 0.25) is 0 Å². The van der Waals surface area contributed by atoms with Crippen LogP contribution in [0.1, 0.15) is 36.8 Å². The second kappa shape index (κ2) is 3.95. The maximum Gasteiger partial charge on any atom is 0.0690 e. The Morgan fingerprint density at radius 3 is 2.73 bits per heavy atom. The van der Waals surface area contributed by atoms with Gasteiger partial charge in [-0.3, -0.25) is 0 Å². The summed E-state index contributed by atoms with van der Waals surface area (Å²) in [4.78, 5) is 0. The molecule has 0 aliphatic heterocycles. The first-order chi connectivity index (χ1) is 7.13. The van der Waals surface area contributed by atoms with E-state index in [-0.39, 0.29) is 12.5 Å². The molecule has 1 unspecified atom stereocenters. The number of benzene rings is 1. The van der Waals surface area contributed by atoms with Crippen LogP contribution in [-0.4, -0.2) is 22.4 Å². The fraction of sp³-hybridized carbons (Fsp3) is 0.538. The Morgan fingerprint density at radius 2 is 2.13 bits per heavy atom. The van der Waals surface area contributed by atoms with Crippen molar-refractivity contribution in [1.82, 2.24) is 0 Å². The molecule has 0 saturated heterocycles. The molecule has 1 aliphatic carbocycles. The van der Waals surface area contributed by atoms with Crippen molar-refractivity contribution in [1.29, 1.82) is 0 Å². The summed E-state index contributed by atoms with van der Waals surface area (Å²) in [5.41, 5.74) is 1.90. The molecule has 0 heterocycles. The molecule has 1 aromatic rings. The van der Waals surface area contributed by atoms with Gasteiger partial charge in [-0.15, -0.1) is 0 Å². The molecule has 2 nitrogen and oxygen atoms in total. The van der Waals surface area contributed by atoms with Gasteiger partial charge < -0.3 is 10.2 Å². The first-order valence-corrected chi connectivity index (χ1v) is 5.55. The third kappa shape index (κ3) is 2.58. The maximum absolute atomic E-state index is 9.82. The first kappa shape index (κ1) is 10.7. The summed E-state index contributed by atoms with van der Waals surface area (Å²) in [6, 6.07) is 8.17. The lowest BCUT2D eigenvalue weighted by Gasteiger charge is -2.12. The van der Waals surface area contributed by atoms with E-state index < -0.39 is 5.60 Å². The number of hydrogen-bond acceptors (Lipinski definition) is 2. The second-order valence-electron chi connectivity index (χ2n) is 4.73. The van der Waals surface area contributed by atoms with Crippen LogP contribution in [0.15, 0.2) is 24.3 Å². The van der Waals surface area contributed by atoms with E-state index in [0.29, 0.717) is 0 Å². The minimum absolute atomic E-state index is 0.174. The number of rotatable bonds is 4. The molecule has 82 valence electrons. The molecule has 1 aliphatic rings. The molecule has 1 fully saturated rings. The molecule has 0 amide bonds. The van der Waals surface area contributed by atoms with Crippen molar-refractivity contribution in [3.05, 3.63) is 35.4 Å². The van der Waals surface area contributed by atoms with Crippen LogP contribution in [-0.2, 0) is 6.42 Å². The SMILES string of the molecule is CC(CO)c1cccc(CC2(O)CC2)c1. The zero-order valence-electron chi connectivity index (χ0n) is 9.11. The highest BCUT2D eigenvalue weighted by Crippen LogP contribution is 2.38. The van der Waals surface area contributed by atoms with Crippen molar-refractivity contribution >= 4 is 0 Å². The minimum Gasteiger partial charge on any atom is -0.396 e. The van der Waals surface area contributed by atoms with Gasteiger partial charge in [0.05, 0.1) is 5.60 Å². The minimum atomic E-state index is -0.429. The van der Waals surface area contributed by atoms with E-state index in [1.807, 2.05) is 25.1 Å². The van der Waals surface area contributed by atoms with Crippen LogP contribution in [0.3, 0.4) is 0 Å². The van der Waals surface area contributed by atoms with E-state index in [1.54, 1.807) is 0 Å². The molecule has 15 heavy (non-hydrogen) atoms. The number of hydrogen-bond donors (Lipinski definition) is 2. The van der Waals surface area contributed by atoms with E-state index in [4.69, 9.17) is 5.11 Å². The fourth-order valence-electron chi connectivity index (χ4n) is 1.82. The molecule has 0 radical (unpaired) electrons. The highest BCUT2D eigenvalue weighted by Gasteiger charge is 2.40. The van der Waals surface area contributed by atoms with Crippen molar-refractivity contribution < 1.29 is 10.2 Å². The van der Waals surface area contributed by atoms with Gasteiger partial charge >= 0.3 is 0 Å². The van der Waals surface area contributed by atoms with Crippen LogP contribution < -0.4 is 0 Å². The van der Waals surface area contributed by atoms with Crippen molar-refractivity contribution in [2.45, 2.75) is 37.7 Å². The van der Waals surface area contributed by atoms with Gasteiger partial charge in [-0.2, -0.15) is 0 Å². The normalized spacial score (nSPS) is 19.9. The van der Waals surface area contributed by atoms with Gasteiger partial charge in [0, 0.05) is 18.9 Å². The number of aliphatic hydroxyl groups is 2. The summed E-state index contributed by atoms with van der Waals surface area (Å²) >= 11 is 0. The second-order valence-corrected chi connectivity index (χ2v) is 4.73. The number of aliphatic hydroxyl groups excluding tert-OH is 1. The Bertz CT molecular complexity index is 342. The lowest BCUT2D eigenvalue weighted by atomic mass is 9.97. The van der Waals surface area contributed by atoms with Gasteiger partial charge in [-0.25, -0.2) is 0 Å². The molecule has 0 spiro atoms. The largest absolute Gasteiger partial charge is 0.396 e. The predicted octanol–water partition coefficient (Wildman–Crippen LogP) is 1.85. The molecule has 1 aromatic carbocycles. The molecule has 2 rings (SSSR count). The van der Waals surface area contributed by atoms with Crippen molar-refractivity contribution in [2.75, 3.05) is 6.61 Å². The summed E-state index contributed by atoms with van der Waals surface area (Å²) < 4.78 is 0. The standard InChI is InChI=1S/C13H18O2/c1-10(9-14)12-4-2-3-11(7-12)8-13(15)5-6-13/h2-4,7,10,14-15H,5-6,8-9H2,1H3. The van der Waals surface area contributed by atoms with Crippen LogP contribution in [0.25, 0.3) is 0 Å². The third-order valence-electron chi connectivity index (χ3n) is 3.15. The third-order valence-corrected chi connectivity index (χ3v) is 3.15. The highest BCUT2D eigenvalue weighted by atomic mass is 16.3. The van der Waals surface area contributed by atoms with Crippen molar-refractivity contribution in [2.24, 2.45) is 0 Å². The Hall–Kier alpha value is -0.860. The van der Waals surface area contributed by atoms with E-state index >= 15 is 0 Å². The maximum atomic E-state index is 9.82. The van der Waals surface area contributed by atoms with Crippen LogP contribution >= 0.6 is 0 Å². The quantitative estimate of drug-likeness (QED) is 0.789. The van der Waals surface area contributed by atoms with Crippen molar-refractivity contribution in [3.63, 3.8) is 0 Å². The summed E-state index contributed by atoms with van der Waals surface area (Å²) in [7, 11) is 0. The highest BCUT2D eigenvalue weighted by molar-refractivity contribution is 5.28. The molecule has 2 heteroatoms. The Morgan fingerprint density at radius 1 is 1.40 bits per heavy atom. The van der Waals surface area contributed by atoms with Crippen LogP contribution in [0, 0.1) is 0 Å². The summed E-state index contributed by atoms with van der Waals surface area (Å²) in [6.45, 7) is 2.18. The summed E-state index contributed by atoms with van der Waals surface area (Å²) in [5, 5.41) is 18.9. The lowest BCUT2D eigenvalue weighted by Crippen LogP contribution is -2.11. The van der Waals surface area contributed by atoms with E-state index in [9.17, 15) is 5.11 Å². The fourth-order valence-corrected chi connectivity index (χ4v) is 1.82. The first-order valence-electron chi connectivity index (χ1n) is 5.55. The molecule has 1 atom stereocenters. The van der Waals surface area contributed by atoms with Gasteiger partial charge in [0.15, 0.2) is 0 Å². The zero-order chi connectivity index (χ0) is 10.9. The average molecular weight is 206 g/mol. The summed E-state index contributed by atoms with van der Waals surface area (Å²) in [6.07, 6.45) is 2.60. The molecular weight excluding hydrogens is 188 g/mol. The van der Waals surface area contributed by atoms with E-state index in [2.05, 4.69) is 6.07 Å². The van der Waals surface area contributed by atoms with Gasteiger partial charge in [0.2, 0.25) is 0 Å². The van der Waals surface area contributed by atoms with Crippen molar-refractivity contribution in [3.8, 4) is 0 Å². The van der Waals surface area contributed by atoms with E-state index in [0.717, 1.165) is 24.8 Å². The molecular formula is C13H18O2. The van der Waals surface area contributed by atoms with E-state index in [1.165, 1.54) is 5.56 Å². The topological polar surface area (TPSA) is 40.5 Å². The predicted molar refractivity (Wildman–Crippen MR) is 59.8 cm³/mol. The van der Waals surface area contributed by atoms with Gasteiger partial charge in [-0.1, -0.05) is 31.2 Å².